The number of amides is 2. The molecule has 150 heavy (non-hydrogen) atoms. The van der Waals surface area contributed by atoms with Crippen molar-refractivity contribution in [2.45, 2.75) is 343 Å². The van der Waals surface area contributed by atoms with Crippen LogP contribution < -0.4 is 30.6 Å². The van der Waals surface area contributed by atoms with Crippen molar-refractivity contribution in [2.75, 3.05) is 26.4 Å². The number of Topliss-reactive ketones (excluding diaryl/α,β-unsaturated/α-hetero) is 1. The smallest absolute Gasteiger partial charge is 0.341 e. The van der Waals surface area contributed by atoms with Gasteiger partial charge in [0.2, 0.25) is 0 Å². The summed E-state index contributed by atoms with van der Waals surface area (Å²) in [6.45, 7) is 12.5. The molecule has 3 fully saturated rings. The van der Waals surface area contributed by atoms with Crippen LogP contribution in [0.15, 0.2) is 175 Å². The minimum atomic E-state index is -4.02. The van der Waals surface area contributed by atoms with E-state index >= 15 is 0 Å². The minimum Gasteiger partial charge on any atom is -0.483 e. The number of carboxylic acid groups (broad SMARTS) is 3. The van der Waals surface area contributed by atoms with Gasteiger partial charge in [0.05, 0.1) is 61.0 Å². The predicted molar refractivity (Wildman–Crippen MR) is 571 cm³/mol. The molecule has 7 aromatic carbocycles. The Morgan fingerprint density at radius 3 is 1.08 bits per heavy atom. The van der Waals surface area contributed by atoms with Crippen LogP contribution >= 0.6 is 0 Å². The molecule has 0 spiro atoms. The maximum Gasteiger partial charge on any atom is 0.341 e. The summed E-state index contributed by atoms with van der Waals surface area (Å²) in [7, 11) is -4.02. The van der Waals surface area contributed by atoms with Gasteiger partial charge in [-0.15, -0.1) is 0 Å². The molecule has 14 N–H and O–H groups in total. The fraction of sp³-hybridized carbons (Fsp3) is 0.556. The van der Waals surface area contributed by atoms with E-state index in [0.29, 0.717) is 85.0 Å². The maximum absolute atomic E-state index is 13.2. The first-order valence-electron chi connectivity index (χ1n) is 51.9. The van der Waals surface area contributed by atoms with E-state index in [4.69, 9.17) is 54.0 Å². The van der Waals surface area contributed by atoms with Crippen molar-refractivity contribution in [2.24, 2.45) is 59.0 Å². The van der Waals surface area contributed by atoms with Crippen molar-refractivity contribution in [3.63, 3.8) is 0 Å². The SMILES string of the molecule is C.C.C.CC(=O)C[C@H](N)C(=O)OCc1ccccc1.CCCCC[C@H](O)CC[C@@H]1[C@H]2Cc3cccc(OCC(=O)NC(CC(=O)O)C(=O)O)c3C[C@H]2C[C@H]1O.CCCCC[C@H](O)CC[C@@H]1[C@H]2Cc3cccc(OCC(=O)NC(CC(=O)OCc4ccccc4)C(=O)OCc4ccccc4)c3C[C@H]2C[C@H]1O.CCCCC[C@H](O)CC[C@@H]1[C@H]2Cc3cccc(OCC(=O)O)c3C[C@H]2C[C@H]1O.CCOC(C)=O.Cc1ccc(S(=O)(=O)O)cc1. The third-order valence-electron chi connectivity index (χ3n) is 28.2. The predicted octanol–water partition coefficient (Wildman–Crippen LogP) is 16.7. The van der Waals surface area contributed by atoms with Crippen molar-refractivity contribution in [3.8, 4) is 17.2 Å². The van der Waals surface area contributed by atoms with Crippen molar-refractivity contribution in [3.05, 3.63) is 225 Å². The molecule has 6 aliphatic rings. The van der Waals surface area contributed by atoms with Crippen LogP contribution in [0.25, 0.3) is 0 Å². The van der Waals surface area contributed by atoms with Gasteiger partial charge in [0, 0.05) is 13.3 Å². The second-order valence-electron chi connectivity index (χ2n) is 39.5. The van der Waals surface area contributed by atoms with Crippen molar-refractivity contribution >= 4 is 69.5 Å². The number of aliphatic hydroxyl groups is 6. The molecule has 830 valence electrons. The number of esters is 4. The summed E-state index contributed by atoms with van der Waals surface area (Å²) in [5.41, 5.74) is 15.5. The van der Waals surface area contributed by atoms with Gasteiger partial charge in [0.25, 0.3) is 21.9 Å². The second-order valence-corrected chi connectivity index (χ2v) is 40.9. The topological polar surface area (TPSA) is 522 Å². The fourth-order valence-electron chi connectivity index (χ4n) is 20.7. The molecular formula is C117H167N3O29S. The number of carbonyl (C=O) groups is 10. The molecular weight excluding hydrogens is 1940 g/mol. The summed E-state index contributed by atoms with van der Waals surface area (Å²) in [5, 5.41) is 95.3. The lowest BCUT2D eigenvalue weighted by Crippen LogP contribution is -2.45. The number of rotatable bonds is 49. The van der Waals surface area contributed by atoms with Crippen LogP contribution in [0.2, 0.25) is 0 Å². The van der Waals surface area contributed by atoms with Gasteiger partial charge < -0.3 is 95.5 Å². The zero-order valence-electron chi connectivity index (χ0n) is 85.9. The quantitative estimate of drug-likeness (QED) is 0.00729. The summed E-state index contributed by atoms with van der Waals surface area (Å²) in [4.78, 5) is 116. The second kappa shape index (κ2) is 67.7. The molecule has 7 aromatic rings. The van der Waals surface area contributed by atoms with Gasteiger partial charge >= 0.3 is 41.8 Å². The van der Waals surface area contributed by atoms with E-state index in [1.54, 1.807) is 25.1 Å². The number of aliphatic hydroxyl groups excluding tert-OH is 6. The molecule has 2 amide bonds. The minimum absolute atomic E-state index is 0. The summed E-state index contributed by atoms with van der Waals surface area (Å²) >= 11 is 0. The Morgan fingerprint density at radius 1 is 0.407 bits per heavy atom. The average Bonchev–Trinajstić information content (AvgIpc) is 1.62. The number of nitrogens with two attached hydrogens (primary N) is 1. The molecule has 33 heteroatoms. The Bertz CT molecular complexity index is 5360. The molecule has 32 nitrogen and oxygen atoms in total. The standard InChI is InChI=1S/C41H51NO8.C27H39NO8.C23H34O5.C12H15NO3.C7H8O3S.C4H8O2.3CH4/c1-2-3-6-17-32(43)19-20-33-34-21-30-16-11-18-38(35(30)22-31(34)23-37(33)44)48-27-39(45)42-36(41(47)50-26-29-14-9-5-10-15-29)24-40(46)49-25-28-12-7-4-8-13-28;1-2-3-4-7-18(29)9-10-19-20-11-16-6-5-8-24(21(16)12-17(20)13-23(19)30)36-15-25(31)28-22(27(34)35)14-26(32)33;1-2-3-4-7-17(24)9-10-18-19-11-15-6-5-8-22(28-14-23(26)27)20(15)12-16(19)13-21(18)25;1-9(14)7-11(13)12(15)16-8-10-5-3-2-4-6-10;1-6-2-4-7(5-3-6)11(8,9)10;1-3-6-4(2)5;;;/h4-5,7-16,18,31-34,36-37,43-44H,2-3,6,17,19-27H2,1H3,(H,42,45);5-6,8,17-20,22-23,29-30H,2-4,7,9-15H2,1H3,(H,28,31)(H,32,33)(H,34,35);5-6,8,16-19,21,24-25H,2-4,7,9-14H2,1H3,(H,26,27);2-6,11H,7-8,13H2,1H3;2-5H,1H3,(H,8,9,10);3H2,1-2H3;3*1H4/t31-,32-,33+,34-,36?,37+;17-,18-,19+,20-,22?,23+;16-,17-,18+,19-,21+;11-;;;;;/m0000...../s1. The highest BCUT2D eigenvalue weighted by Crippen LogP contribution is 2.52. The average molecular weight is 2110 g/mol. The highest BCUT2D eigenvalue weighted by molar-refractivity contribution is 7.85. The third kappa shape index (κ3) is 44.4. The van der Waals surface area contributed by atoms with Gasteiger partial charge in [-0.25, -0.2) is 14.4 Å². The Labute approximate surface area is 886 Å². The van der Waals surface area contributed by atoms with Gasteiger partial charge in [-0.1, -0.05) is 246 Å². The number of benzene rings is 7. The lowest BCUT2D eigenvalue weighted by molar-refractivity contribution is -0.155. The first-order chi connectivity index (χ1) is 70.3. The van der Waals surface area contributed by atoms with Crippen LogP contribution in [0.5, 0.6) is 17.2 Å². The van der Waals surface area contributed by atoms with Crippen LogP contribution in [0.1, 0.15) is 274 Å². The van der Waals surface area contributed by atoms with Crippen molar-refractivity contribution in [1.82, 2.24) is 10.6 Å². The van der Waals surface area contributed by atoms with E-state index in [9.17, 15) is 87.0 Å². The Hall–Kier alpha value is -11.5. The van der Waals surface area contributed by atoms with E-state index in [2.05, 4.69) is 48.3 Å². The number of ether oxygens (including phenoxy) is 7. The summed E-state index contributed by atoms with van der Waals surface area (Å²) in [5.74, 6) is -2.79. The number of aliphatic carboxylic acids is 3. The number of unbranched alkanes of at least 4 members (excludes halogenated alkanes) is 6. The van der Waals surface area contributed by atoms with E-state index in [1.807, 2.05) is 134 Å². The highest BCUT2D eigenvalue weighted by Gasteiger charge is 2.48. The maximum atomic E-state index is 13.2. The molecule has 3 saturated carbocycles. The van der Waals surface area contributed by atoms with Gasteiger partial charge in [0.15, 0.2) is 19.8 Å². The lowest BCUT2D eigenvalue weighted by atomic mass is 9.73. The third-order valence-corrected chi connectivity index (χ3v) is 29.1. The molecule has 6 aliphatic carbocycles. The number of ketones is 1. The highest BCUT2D eigenvalue weighted by atomic mass is 32.2. The largest absolute Gasteiger partial charge is 0.483 e. The number of fused-ring (bicyclic) bond motifs is 6. The molecule has 0 aromatic heterocycles. The Balaban J connectivity index is 0.000000347. The number of nitrogens with one attached hydrogen (secondary N) is 2. The fourth-order valence-corrected chi connectivity index (χ4v) is 21.2. The van der Waals surface area contributed by atoms with Gasteiger partial charge in [-0.05, 0) is 270 Å². The van der Waals surface area contributed by atoms with Crippen molar-refractivity contribution in [1.29, 1.82) is 0 Å². The van der Waals surface area contributed by atoms with E-state index in [0.717, 1.165) is 198 Å². The van der Waals surface area contributed by atoms with Crippen LogP contribution in [0, 0.1) is 60.2 Å². The zero-order chi connectivity index (χ0) is 107. The zero-order valence-corrected chi connectivity index (χ0v) is 86.8. The molecule has 18 atom stereocenters. The van der Waals surface area contributed by atoms with Crippen LogP contribution in [-0.2, 0) is 135 Å². The first kappa shape index (κ1) is 129. The van der Waals surface area contributed by atoms with E-state index in [1.165, 1.54) is 31.5 Å². The van der Waals surface area contributed by atoms with Crippen LogP contribution in [0.3, 0.4) is 0 Å². The number of carboxylic acids is 3. The molecule has 0 radical (unpaired) electrons. The lowest BCUT2D eigenvalue weighted by Gasteiger charge is -2.32. The number of aryl methyl sites for hydroxylation is 1. The monoisotopic (exact) mass is 2110 g/mol. The number of hydrogen-bond donors (Lipinski definition) is 13. The Morgan fingerprint density at radius 2 is 0.760 bits per heavy atom. The normalized spacial score (nSPS) is 20.2. The van der Waals surface area contributed by atoms with Crippen molar-refractivity contribution < 1.29 is 140 Å². The number of hydrogen-bond acceptors (Lipinski definition) is 26. The molecule has 0 saturated heterocycles. The molecule has 2 unspecified atom stereocenters. The molecule has 13 rings (SSSR count). The summed E-state index contributed by atoms with van der Waals surface area (Å²) in [6.07, 6.45) is 21.1. The van der Waals surface area contributed by atoms with Gasteiger partial charge in [-0.3, -0.25) is 38.1 Å². The van der Waals surface area contributed by atoms with Crippen LogP contribution in [-0.4, -0.2) is 199 Å². The summed E-state index contributed by atoms with van der Waals surface area (Å²) < 4.78 is 67.0. The van der Waals surface area contributed by atoms with Gasteiger partial charge in [0.1, 0.15) is 61.0 Å². The Kier molecular flexibility index (Phi) is 58.2. The molecule has 0 aliphatic heterocycles. The summed E-state index contributed by atoms with van der Waals surface area (Å²) in [6, 6.07) is 47.4. The van der Waals surface area contributed by atoms with Crippen LogP contribution in [0.4, 0.5) is 0 Å². The first-order valence-corrected chi connectivity index (χ1v) is 53.4. The number of carbonyl (C=O) groups excluding carboxylic acids is 7. The molecule has 0 bridgehead atoms. The van der Waals surface area contributed by atoms with E-state index < -0.39 is 108 Å². The molecule has 0 heterocycles. The van der Waals surface area contributed by atoms with E-state index in [-0.39, 0.29) is 121 Å². The van der Waals surface area contributed by atoms with Gasteiger partial charge in [-0.2, -0.15) is 8.42 Å².